The average Bonchev–Trinajstić information content (AvgIpc) is 3.09. The zero-order valence-corrected chi connectivity index (χ0v) is 12.6. The van der Waals surface area contributed by atoms with Crippen LogP contribution in [0.3, 0.4) is 0 Å². The number of nitrogens with one attached hydrogen (secondary N) is 1. The molecule has 0 aliphatic rings. The summed E-state index contributed by atoms with van der Waals surface area (Å²) in [5.74, 6) is 0.874. The van der Waals surface area contributed by atoms with E-state index in [1.807, 2.05) is 0 Å². The second-order valence-corrected chi connectivity index (χ2v) is 7.12. The summed E-state index contributed by atoms with van der Waals surface area (Å²) in [4.78, 5) is 4.12. The molecule has 0 unspecified atom stereocenters. The van der Waals surface area contributed by atoms with Gasteiger partial charge in [-0.05, 0) is 36.6 Å². The van der Waals surface area contributed by atoms with E-state index in [4.69, 9.17) is 4.52 Å². The summed E-state index contributed by atoms with van der Waals surface area (Å²) >= 11 is 1.16. The Morgan fingerprint density at radius 3 is 2.76 bits per heavy atom. The highest BCUT2D eigenvalue weighted by molar-refractivity contribution is 7.94. The third kappa shape index (κ3) is 2.96. The van der Waals surface area contributed by atoms with Gasteiger partial charge < -0.3 is 4.52 Å². The van der Waals surface area contributed by atoms with Crippen molar-refractivity contribution in [3.63, 3.8) is 0 Å². The molecule has 0 saturated heterocycles. The number of sulfonamides is 1. The Hall–Kier alpha value is -2.19. The van der Waals surface area contributed by atoms with Crippen LogP contribution >= 0.6 is 11.3 Å². The van der Waals surface area contributed by atoms with Crippen LogP contribution in [-0.2, 0) is 10.0 Å². The molecule has 0 radical (unpaired) electrons. The van der Waals surface area contributed by atoms with E-state index in [1.165, 1.54) is 0 Å². The molecule has 3 aromatic rings. The van der Waals surface area contributed by atoms with E-state index < -0.39 is 10.0 Å². The molecule has 1 aromatic carbocycles. The SMILES string of the molecule is Cc1noc(-c2cccc(NS(=O)(=O)c3cccs3)c2)n1. The van der Waals surface area contributed by atoms with Crippen molar-refractivity contribution in [3.05, 3.63) is 47.6 Å². The van der Waals surface area contributed by atoms with Gasteiger partial charge in [-0.3, -0.25) is 4.72 Å². The second kappa shape index (κ2) is 5.30. The minimum atomic E-state index is -3.56. The summed E-state index contributed by atoms with van der Waals surface area (Å²) in [7, 11) is -3.56. The van der Waals surface area contributed by atoms with Crippen LogP contribution < -0.4 is 4.72 Å². The Kier molecular flexibility index (Phi) is 3.48. The number of aryl methyl sites for hydroxylation is 1. The Morgan fingerprint density at radius 1 is 1.24 bits per heavy atom. The normalized spacial score (nSPS) is 11.5. The molecule has 6 nitrogen and oxygen atoms in total. The molecule has 1 N–H and O–H groups in total. The van der Waals surface area contributed by atoms with E-state index in [9.17, 15) is 8.42 Å². The fourth-order valence-electron chi connectivity index (χ4n) is 1.75. The quantitative estimate of drug-likeness (QED) is 0.798. The third-order valence-corrected chi connectivity index (χ3v) is 5.43. The highest BCUT2D eigenvalue weighted by Crippen LogP contribution is 2.24. The Balaban J connectivity index is 1.91. The molecule has 0 aliphatic heterocycles. The van der Waals surface area contributed by atoms with Gasteiger partial charge in [-0.2, -0.15) is 4.98 Å². The van der Waals surface area contributed by atoms with Crippen LogP contribution in [-0.4, -0.2) is 18.6 Å². The predicted molar refractivity (Wildman–Crippen MR) is 79.6 cm³/mol. The van der Waals surface area contributed by atoms with E-state index in [0.29, 0.717) is 23.0 Å². The van der Waals surface area contributed by atoms with Gasteiger partial charge in [0.15, 0.2) is 5.82 Å². The first-order valence-electron chi connectivity index (χ1n) is 6.02. The van der Waals surface area contributed by atoms with Crippen molar-refractivity contribution in [2.45, 2.75) is 11.1 Å². The maximum atomic E-state index is 12.2. The summed E-state index contributed by atoms with van der Waals surface area (Å²) in [5, 5.41) is 5.43. The summed E-state index contributed by atoms with van der Waals surface area (Å²) < 4.78 is 32.2. The highest BCUT2D eigenvalue weighted by atomic mass is 32.2. The smallest absolute Gasteiger partial charge is 0.271 e. The number of thiophene rings is 1. The summed E-state index contributed by atoms with van der Waals surface area (Å²) in [6.07, 6.45) is 0. The molecule has 0 fully saturated rings. The Labute approximate surface area is 125 Å². The van der Waals surface area contributed by atoms with Gasteiger partial charge in [-0.15, -0.1) is 11.3 Å². The molecule has 0 atom stereocenters. The van der Waals surface area contributed by atoms with Gasteiger partial charge in [-0.25, -0.2) is 8.42 Å². The number of nitrogens with zero attached hydrogens (tertiary/aromatic N) is 2. The number of hydrogen-bond acceptors (Lipinski definition) is 6. The predicted octanol–water partition coefficient (Wildman–Crippen LogP) is 2.91. The maximum absolute atomic E-state index is 12.2. The van der Waals surface area contributed by atoms with Crippen molar-refractivity contribution in [1.29, 1.82) is 0 Å². The monoisotopic (exact) mass is 321 g/mol. The molecule has 0 saturated carbocycles. The van der Waals surface area contributed by atoms with Crippen LogP contribution in [0, 0.1) is 6.92 Å². The molecule has 0 spiro atoms. The van der Waals surface area contributed by atoms with Crippen molar-refractivity contribution in [2.75, 3.05) is 4.72 Å². The lowest BCUT2D eigenvalue weighted by Gasteiger charge is -2.06. The van der Waals surface area contributed by atoms with E-state index in [1.54, 1.807) is 48.7 Å². The Morgan fingerprint density at radius 2 is 2.10 bits per heavy atom. The highest BCUT2D eigenvalue weighted by Gasteiger charge is 2.16. The molecule has 0 bridgehead atoms. The molecule has 21 heavy (non-hydrogen) atoms. The molecule has 0 amide bonds. The van der Waals surface area contributed by atoms with Crippen molar-refractivity contribution in [1.82, 2.24) is 10.1 Å². The number of benzene rings is 1. The first kappa shape index (κ1) is 13.8. The van der Waals surface area contributed by atoms with Gasteiger partial charge >= 0.3 is 0 Å². The number of anilines is 1. The van der Waals surface area contributed by atoms with Crippen LogP contribution in [0.5, 0.6) is 0 Å². The molecule has 8 heteroatoms. The average molecular weight is 321 g/mol. The second-order valence-electron chi connectivity index (χ2n) is 4.27. The minimum absolute atomic E-state index is 0.265. The fraction of sp³-hybridized carbons (Fsp3) is 0.0769. The molecule has 2 heterocycles. The van der Waals surface area contributed by atoms with E-state index in [0.717, 1.165) is 11.3 Å². The van der Waals surface area contributed by atoms with Crippen LogP contribution in [0.1, 0.15) is 5.82 Å². The standard InChI is InChI=1S/C13H11N3O3S2/c1-9-14-13(19-15-9)10-4-2-5-11(8-10)16-21(17,18)12-6-3-7-20-12/h2-8,16H,1H3. The molecule has 2 aromatic heterocycles. The van der Waals surface area contributed by atoms with Crippen molar-refractivity contribution >= 4 is 27.0 Å². The van der Waals surface area contributed by atoms with Crippen molar-refractivity contribution in [3.8, 4) is 11.5 Å². The van der Waals surface area contributed by atoms with Gasteiger partial charge in [0.25, 0.3) is 15.9 Å². The summed E-state index contributed by atoms with van der Waals surface area (Å²) in [5.41, 5.74) is 1.10. The number of rotatable bonds is 4. The van der Waals surface area contributed by atoms with Gasteiger partial charge in [0.1, 0.15) is 4.21 Å². The van der Waals surface area contributed by atoms with Crippen LogP contribution in [0.2, 0.25) is 0 Å². The van der Waals surface area contributed by atoms with E-state index in [2.05, 4.69) is 14.9 Å². The first-order chi connectivity index (χ1) is 10.0. The first-order valence-corrected chi connectivity index (χ1v) is 8.38. The largest absolute Gasteiger partial charge is 0.334 e. The van der Waals surface area contributed by atoms with Crippen LogP contribution in [0.15, 0.2) is 50.5 Å². The van der Waals surface area contributed by atoms with Gasteiger partial charge in [0, 0.05) is 11.3 Å². The van der Waals surface area contributed by atoms with E-state index in [-0.39, 0.29) is 4.21 Å². The zero-order chi connectivity index (χ0) is 14.9. The van der Waals surface area contributed by atoms with Crippen LogP contribution in [0.25, 0.3) is 11.5 Å². The van der Waals surface area contributed by atoms with Gasteiger partial charge in [0.05, 0.1) is 0 Å². The summed E-state index contributed by atoms with van der Waals surface area (Å²) in [6.45, 7) is 1.72. The third-order valence-electron chi connectivity index (χ3n) is 2.65. The topological polar surface area (TPSA) is 85.1 Å². The van der Waals surface area contributed by atoms with Crippen molar-refractivity contribution in [2.24, 2.45) is 0 Å². The minimum Gasteiger partial charge on any atom is -0.334 e. The summed E-state index contributed by atoms with van der Waals surface area (Å²) in [6, 6.07) is 10.1. The molecule has 0 aliphatic carbocycles. The maximum Gasteiger partial charge on any atom is 0.271 e. The number of aromatic nitrogens is 2. The van der Waals surface area contributed by atoms with Gasteiger partial charge in [-0.1, -0.05) is 17.3 Å². The number of hydrogen-bond donors (Lipinski definition) is 1. The molecular formula is C13H11N3O3S2. The molecule has 108 valence electrons. The van der Waals surface area contributed by atoms with Gasteiger partial charge in [0.2, 0.25) is 0 Å². The van der Waals surface area contributed by atoms with E-state index >= 15 is 0 Å². The lowest BCUT2D eigenvalue weighted by Crippen LogP contribution is -2.11. The lowest BCUT2D eigenvalue weighted by atomic mass is 10.2. The fourth-order valence-corrected chi connectivity index (χ4v) is 3.79. The molecular weight excluding hydrogens is 310 g/mol. The lowest BCUT2D eigenvalue weighted by molar-refractivity contribution is 0.425. The molecule has 3 rings (SSSR count). The van der Waals surface area contributed by atoms with Crippen molar-refractivity contribution < 1.29 is 12.9 Å². The zero-order valence-electron chi connectivity index (χ0n) is 11.0. The van der Waals surface area contributed by atoms with Crippen LogP contribution in [0.4, 0.5) is 5.69 Å². The Bertz CT molecular complexity index is 854.